The highest BCUT2D eigenvalue weighted by Gasteiger charge is 2.19. The highest BCUT2D eigenvalue weighted by atomic mass is 16.5. The van der Waals surface area contributed by atoms with E-state index in [9.17, 15) is 4.79 Å². The SMILES string of the molecule is C=C(C)C(=O)OC(CC(C)C)C(C)C. The number of carbonyl (C=O) groups excluding carboxylic acids is 1. The van der Waals surface area contributed by atoms with Gasteiger partial charge in [-0.25, -0.2) is 4.79 Å². The third-order valence-electron chi connectivity index (χ3n) is 2.05. The van der Waals surface area contributed by atoms with Crippen LogP contribution in [0.5, 0.6) is 0 Å². The van der Waals surface area contributed by atoms with Gasteiger partial charge in [-0.05, 0) is 25.2 Å². The fraction of sp³-hybridized carbons (Fsp3) is 0.750. The molecule has 0 aromatic rings. The molecule has 14 heavy (non-hydrogen) atoms. The van der Waals surface area contributed by atoms with Crippen LogP contribution in [-0.4, -0.2) is 12.1 Å². The summed E-state index contributed by atoms with van der Waals surface area (Å²) >= 11 is 0. The van der Waals surface area contributed by atoms with Crippen LogP contribution in [0.15, 0.2) is 12.2 Å². The van der Waals surface area contributed by atoms with E-state index < -0.39 is 0 Å². The van der Waals surface area contributed by atoms with E-state index in [-0.39, 0.29) is 12.1 Å². The Morgan fingerprint density at radius 1 is 1.29 bits per heavy atom. The van der Waals surface area contributed by atoms with Crippen molar-refractivity contribution in [2.45, 2.75) is 47.1 Å². The van der Waals surface area contributed by atoms with Gasteiger partial charge in [0.1, 0.15) is 6.10 Å². The van der Waals surface area contributed by atoms with Crippen LogP contribution >= 0.6 is 0 Å². The summed E-state index contributed by atoms with van der Waals surface area (Å²) < 4.78 is 5.35. The molecule has 0 aliphatic heterocycles. The van der Waals surface area contributed by atoms with Crippen molar-refractivity contribution in [2.24, 2.45) is 11.8 Å². The van der Waals surface area contributed by atoms with Crippen molar-refractivity contribution in [1.82, 2.24) is 0 Å². The van der Waals surface area contributed by atoms with Gasteiger partial charge >= 0.3 is 5.97 Å². The quantitative estimate of drug-likeness (QED) is 0.501. The molecular formula is C12H22O2. The fourth-order valence-electron chi connectivity index (χ4n) is 1.16. The van der Waals surface area contributed by atoms with Crippen LogP contribution in [0.3, 0.4) is 0 Å². The molecule has 0 N–H and O–H groups in total. The van der Waals surface area contributed by atoms with Crippen molar-refractivity contribution in [3.8, 4) is 0 Å². The minimum atomic E-state index is -0.274. The molecule has 0 rings (SSSR count). The molecule has 1 atom stereocenters. The van der Waals surface area contributed by atoms with Crippen molar-refractivity contribution in [3.05, 3.63) is 12.2 Å². The summed E-state index contributed by atoms with van der Waals surface area (Å²) in [5.74, 6) is 0.630. The number of hydrogen-bond donors (Lipinski definition) is 0. The number of carbonyl (C=O) groups is 1. The van der Waals surface area contributed by atoms with Crippen molar-refractivity contribution >= 4 is 5.97 Å². The summed E-state index contributed by atoms with van der Waals surface area (Å²) in [6, 6.07) is 0. The van der Waals surface area contributed by atoms with Crippen LogP contribution in [0.1, 0.15) is 41.0 Å². The third-order valence-corrected chi connectivity index (χ3v) is 2.05. The second-order valence-corrected chi connectivity index (χ2v) is 4.60. The Morgan fingerprint density at radius 2 is 1.79 bits per heavy atom. The Bertz CT molecular complexity index is 204. The van der Waals surface area contributed by atoms with Gasteiger partial charge in [0.25, 0.3) is 0 Å². The molecule has 0 saturated carbocycles. The van der Waals surface area contributed by atoms with Crippen molar-refractivity contribution in [3.63, 3.8) is 0 Å². The van der Waals surface area contributed by atoms with E-state index in [4.69, 9.17) is 4.74 Å². The molecule has 0 saturated heterocycles. The Kier molecular flexibility index (Phi) is 5.51. The fourth-order valence-corrected chi connectivity index (χ4v) is 1.16. The average molecular weight is 198 g/mol. The Balaban J connectivity index is 4.23. The normalized spacial score (nSPS) is 13.1. The summed E-state index contributed by atoms with van der Waals surface area (Å²) in [6.45, 7) is 13.6. The second-order valence-electron chi connectivity index (χ2n) is 4.60. The number of hydrogen-bond acceptors (Lipinski definition) is 2. The number of ether oxygens (including phenoxy) is 1. The number of rotatable bonds is 5. The van der Waals surface area contributed by atoms with E-state index in [1.54, 1.807) is 6.92 Å². The molecule has 0 bridgehead atoms. The third kappa shape index (κ3) is 5.05. The zero-order chi connectivity index (χ0) is 11.3. The minimum Gasteiger partial charge on any atom is -0.459 e. The summed E-state index contributed by atoms with van der Waals surface area (Å²) in [5, 5.41) is 0. The van der Waals surface area contributed by atoms with E-state index in [2.05, 4.69) is 34.3 Å². The molecule has 0 aromatic heterocycles. The first kappa shape index (κ1) is 13.2. The molecule has 0 fully saturated rings. The van der Waals surface area contributed by atoms with Crippen LogP contribution in [-0.2, 0) is 9.53 Å². The van der Waals surface area contributed by atoms with Gasteiger partial charge in [-0.15, -0.1) is 0 Å². The van der Waals surface area contributed by atoms with Crippen LogP contribution in [0, 0.1) is 11.8 Å². The minimum absolute atomic E-state index is 0.0131. The lowest BCUT2D eigenvalue weighted by atomic mass is 9.97. The van der Waals surface area contributed by atoms with Crippen LogP contribution in [0.25, 0.3) is 0 Å². The van der Waals surface area contributed by atoms with Crippen LogP contribution in [0.4, 0.5) is 0 Å². The van der Waals surface area contributed by atoms with Gasteiger partial charge in [0.2, 0.25) is 0 Å². The largest absolute Gasteiger partial charge is 0.459 e. The van der Waals surface area contributed by atoms with Gasteiger partial charge in [-0.2, -0.15) is 0 Å². The highest BCUT2D eigenvalue weighted by molar-refractivity contribution is 5.87. The Labute approximate surface area is 87.3 Å². The molecule has 2 heteroatoms. The predicted octanol–water partition coefficient (Wildman–Crippen LogP) is 3.18. The Morgan fingerprint density at radius 3 is 2.07 bits per heavy atom. The van der Waals surface area contributed by atoms with Crippen LogP contribution < -0.4 is 0 Å². The smallest absolute Gasteiger partial charge is 0.333 e. The molecular weight excluding hydrogens is 176 g/mol. The van der Waals surface area contributed by atoms with Gasteiger partial charge < -0.3 is 4.74 Å². The molecule has 0 radical (unpaired) electrons. The van der Waals surface area contributed by atoms with Crippen molar-refractivity contribution < 1.29 is 9.53 Å². The molecule has 0 aromatic carbocycles. The van der Waals surface area contributed by atoms with Gasteiger partial charge in [-0.1, -0.05) is 34.3 Å². The number of esters is 1. The maximum atomic E-state index is 11.3. The zero-order valence-corrected chi connectivity index (χ0v) is 9.96. The highest BCUT2D eigenvalue weighted by Crippen LogP contribution is 2.17. The van der Waals surface area contributed by atoms with E-state index >= 15 is 0 Å². The first-order chi connectivity index (χ1) is 6.34. The van der Waals surface area contributed by atoms with Gasteiger partial charge in [-0.3, -0.25) is 0 Å². The summed E-state index contributed by atoms with van der Waals surface area (Å²) in [5.41, 5.74) is 0.472. The summed E-state index contributed by atoms with van der Waals surface area (Å²) in [7, 11) is 0. The van der Waals surface area contributed by atoms with Gasteiger partial charge in [0.15, 0.2) is 0 Å². The van der Waals surface area contributed by atoms with Crippen molar-refractivity contribution in [1.29, 1.82) is 0 Å². The van der Waals surface area contributed by atoms with E-state index in [0.29, 0.717) is 17.4 Å². The zero-order valence-electron chi connectivity index (χ0n) is 9.96. The first-order valence-corrected chi connectivity index (χ1v) is 5.21. The van der Waals surface area contributed by atoms with E-state index in [1.807, 2.05) is 0 Å². The lowest BCUT2D eigenvalue weighted by molar-refractivity contribution is -0.147. The average Bonchev–Trinajstić information content (AvgIpc) is 2.01. The monoisotopic (exact) mass is 198 g/mol. The molecule has 0 spiro atoms. The molecule has 0 amide bonds. The molecule has 0 aliphatic rings. The molecule has 0 aliphatic carbocycles. The van der Waals surface area contributed by atoms with Crippen molar-refractivity contribution in [2.75, 3.05) is 0 Å². The second kappa shape index (κ2) is 5.84. The summed E-state index contributed by atoms with van der Waals surface area (Å²) in [4.78, 5) is 11.3. The molecule has 2 nitrogen and oxygen atoms in total. The first-order valence-electron chi connectivity index (χ1n) is 5.21. The van der Waals surface area contributed by atoms with E-state index in [1.165, 1.54) is 0 Å². The standard InChI is InChI=1S/C12H22O2/c1-8(2)7-11(9(3)4)14-12(13)10(5)6/h8-9,11H,5,7H2,1-4,6H3. The summed E-state index contributed by atoms with van der Waals surface area (Å²) in [6.07, 6.45) is 0.927. The van der Waals surface area contributed by atoms with E-state index in [0.717, 1.165) is 6.42 Å². The predicted molar refractivity (Wildman–Crippen MR) is 59.0 cm³/mol. The van der Waals surface area contributed by atoms with Crippen LogP contribution in [0.2, 0.25) is 0 Å². The maximum Gasteiger partial charge on any atom is 0.333 e. The topological polar surface area (TPSA) is 26.3 Å². The molecule has 82 valence electrons. The van der Waals surface area contributed by atoms with Gasteiger partial charge in [0, 0.05) is 5.57 Å². The lowest BCUT2D eigenvalue weighted by Crippen LogP contribution is -2.25. The van der Waals surface area contributed by atoms with Gasteiger partial charge in [0.05, 0.1) is 0 Å². The molecule has 1 unspecified atom stereocenters. The maximum absolute atomic E-state index is 11.3. The lowest BCUT2D eigenvalue weighted by Gasteiger charge is -2.23. The Hall–Kier alpha value is -0.790. The molecule has 0 heterocycles.